The van der Waals surface area contributed by atoms with Crippen LogP contribution in [0.5, 0.6) is 0 Å². The van der Waals surface area contributed by atoms with E-state index in [-0.39, 0.29) is 10.8 Å². The van der Waals surface area contributed by atoms with Crippen molar-refractivity contribution in [1.82, 2.24) is 0 Å². The maximum absolute atomic E-state index is 11.2. The number of ether oxygens (including phenoxy) is 1. The van der Waals surface area contributed by atoms with Gasteiger partial charge in [0.1, 0.15) is 4.83 Å². The molecule has 1 unspecified atom stereocenters. The van der Waals surface area contributed by atoms with Crippen molar-refractivity contribution in [3.8, 4) is 0 Å². The standard InChI is InChI=1S/C11H12BrClO2/c1-7-8(4-3-5-10(7)13)6-9(12)11(14)15-2/h3-5,9H,6H2,1-2H3. The summed E-state index contributed by atoms with van der Waals surface area (Å²) in [6, 6.07) is 5.67. The number of carbonyl (C=O) groups is 1. The minimum absolute atomic E-state index is 0.269. The molecule has 0 aliphatic rings. The first kappa shape index (κ1) is 12.5. The number of methoxy groups -OCH3 is 1. The van der Waals surface area contributed by atoms with E-state index in [0.717, 1.165) is 16.1 Å². The van der Waals surface area contributed by atoms with Crippen molar-refractivity contribution >= 4 is 33.5 Å². The summed E-state index contributed by atoms with van der Waals surface area (Å²) in [7, 11) is 1.38. The van der Waals surface area contributed by atoms with Crippen LogP contribution in [0.1, 0.15) is 11.1 Å². The highest BCUT2D eigenvalue weighted by molar-refractivity contribution is 9.10. The van der Waals surface area contributed by atoms with Crippen LogP contribution in [0.4, 0.5) is 0 Å². The van der Waals surface area contributed by atoms with Crippen LogP contribution in [0.3, 0.4) is 0 Å². The number of rotatable bonds is 3. The zero-order valence-electron chi connectivity index (χ0n) is 8.59. The molecule has 0 aliphatic heterocycles. The Hall–Kier alpha value is -0.540. The summed E-state index contributed by atoms with van der Waals surface area (Å²) in [6.45, 7) is 1.94. The highest BCUT2D eigenvalue weighted by Crippen LogP contribution is 2.21. The van der Waals surface area contributed by atoms with Crippen molar-refractivity contribution < 1.29 is 9.53 Å². The van der Waals surface area contributed by atoms with Gasteiger partial charge in [-0.2, -0.15) is 0 Å². The average molecular weight is 292 g/mol. The van der Waals surface area contributed by atoms with Crippen molar-refractivity contribution in [1.29, 1.82) is 0 Å². The number of halogens is 2. The number of hydrogen-bond acceptors (Lipinski definition) is 2. The predicted octanol–water partition coefficient (Wildman–Crippen LogP) is 3.13. The molecule has 1 aromatic rings. The molecule has 1 rings (SSSR count). The third-order valence-corrected chi connectivity index (χ3v) is 3.34. The summed E-state index contributed by atoms with van der Waals surface area (Å²) in [5.41, 5.74) is 2.06. The normalized spacial score (nSPS) is 12.3. The third kappa shape index (κ3) is 3.21. The first-order chi connectivity index (χ1) is 7.06. The molecule has 4 heteroatoms. The Labute approximate surface area is 103 Å². The monoisotopic (exact) mass is 290 g/mol. The van der Waals surface area contributed by atoms with Gasteiger partial charge in [-0.15, -0.1) is 0 Å². The molecule has 0 amide bonds. The average Bonchev–Trinajstić information content (AvgIpc) is 2.23. The van der Waals surface area contributed by atoms with Gasteiger partial charge < -0.3 is 4.74 Å². The molecule has 0 aliphatic carbocycles. The summed E-state index contributed by atoms with van der Waals surface area (Å²) >= 11 is 9.26. The lowest BCUT2D eigenvalue weighted by Gasteiger charge is -2.10. The predicted molar refractivity (Wildman–Crippen MR) is 64.6 cm³/mol. The van der Waals surface area contributed by atoms with Crippen molar-refractivity contribution in [3.05, 3.63) is 34.3 Å². The molecule has 0 N–H and O–H groups in total. The van der Waals surface area contributed by atoms with E-state index in [2.05, 4.69) is 20.7 Å². The Morgan fingerprint density at radius 3 is 2.87 bits per heavy atom. The molecule has 1 atom stereocenters. The van der Waals surface area contributed by atoms with Crippen molar-refractivity contribution in [3.63, 3.8) is 0 Å². The van der Waals surface area contributed by atoms with Crippen LogP contribution in [0.2, 0.25) is 5.02 Å². The Morgan fingerprint density at radius 1 is 1.60 bits per heavy atom. The molecule has 0 fully saturated rings. The fourth-order valence-electron chi connectivity index (χ4n) is 1.28. The van der Waals surface area contributed by atoms with E-state index < -0.39 is 0 Å². The number of esters is 1. The van der Waals surface area contributed by atoms with Gasteiger partial charge in [0.05, 0.1) is 7.11 Å². The number of benzene rings is 1. The van der Waals surface area contributed by atoms with E-state index in [4.69, 9.17) is 11.6 Å². The van der Waals surface area contributed by atoms with Gasteiger partial charge in [0, 0.05) is 5.02 Å². The van der Waals surface area contributed by atoms with Gasteiger partial charge in [0.25, 0.3) is 0 Å². The van der Waals surface area contributed by atoms with Crippen LogP contribution in [0.15, 0.2) is 18.2 Å². The summed E-state index contributed by atoms with van der Waals surface area (Å²) in [6.07, 6.45) is 0.582. The van der Waals surface area contributed by atoms with Crippen LogP contribution >= 0.6 is 27.5 Å². The molecule has 0 radical (unpaired) electrons. The molecule has 0 bridgehead atoms. The summed E-state index contributed by atoms with van der Waals surface area (Å²) in [5.74, 6) is -0.269. The number of carbonyl (C=O) groups excluding carboxylic acids is 1. The Kier molecular flexibility index (Phi) is 4.61. The van der Waals surface area contributed by atoms with Crippen molar-refractivity contribution in [2.45, 2.75) is 18.2 Å². The SMILES string of the molecule is COC(=O)C(Br)Cc1cccc(Cl)c1C. The fourth-order valence-corrected chi connectivity index (χ4v) is 2.01. The molecule has 0 aromatic heterocycles. The number of hydrogen-bond donors (Lipinski definition) is 0. The Morgan fingerprint density at radius 2 is 2.27 bits per heavy atom. The van der Waals surface area contributed by atoms with Gasteiger partial charge in [-0.1, -0.05) is 39.7 Å². The molecular weight excluding hydrogens is 279 g/mol. The zero-order chi connectivity index (χ0) is 11.4. The molecule has 15 heavy (non-hydrogen) atoms. The minimum Gasteiger partial charge on any atom is -0.468 e. The van der Waals surface area contributed by atoms with Gasteiger partial charge >= 0.3 is 5.97 Å². The second-order valence-corrected chi connectivity index (χ2v) is 4.73. The molecule has 0 saturated heterocycles. The van der Waals surface area contributed by atoms with E-state index in [9.17, 15) is 4.79 Å². The molecule has 2 nitrogen and oxygen atoms in total. The molecule has 1 aromatic carbocycles. The van der Waals surface area contributed by atoms with Crippen molar-refractivity contribution in [2.24, 2.45) is 0 Å². The van der Waals surface area contributed by atoms with E-state index >= 15 is 0 Å². The highest BCUT2D eigenvalue weighted by Gasteiger charge is 2.17. The molecular formula is C11H12BrClO2. The Bertz CT molecular complexity index is 366. The van der Waals surface area contributed by atoms with E-state index in [1.165, 1.54) is 7.11 Å². The van der Waals surface area contributed by atoms with Gasteiger partial charge in [-0.25, -0.2) is 0 Å². The van der Waals surface area contributed by atoms with E-state index in [1.54, 1.807) is 0 Å². The first-order valence-electron chi connectivity index (χ1n) is 4.52. The first-order valence-corrected chi connectivity index (χ1v) is 5.81. The maximum atomic E-state index is 11.2. The molecule has 0 heterocycles. The summed E-state index contributed by atoms with van der Waals surface area (Å²) in [5, 5.41) is 0.720. The summed E-state index contributed by atoms with van der Waals surface area (Å²) in [4.78, 5) is 10.9. The third-order valence-electron chi connectivity index (χ3n) is 2.24. The lowest BCUT2D eigenvalue weighted by molar-refractivity contribution is -0.139. The fraction of sp³-hybridized carbons (Fsp3) is 0.364. The smallest absolute Gasteiger partial charge is 0.319 e. The van der Waals surface area contributed by atoms with Gasteiger partial charge in [-0.3, -0.25) is 4.79 Å². The maximum Gasteiger partial charge on any atom is 0.319 e. The van der Waals surface area contributed by atoms with Crippen LogP contribution in [-0.4, -0.2) is 17.9 Å². The highest BCUT2D eigenvalue weighted by atomic mass is 79.9. The van der Waals surface area contributed by atoms with Crippen molar-refractivity contribution in [2.75, 3.05) is 7.11 Å². The molecule has 82 valence electrons. The van der Waals surface area contributed by atoms with Gasteiger partial charge in [0.2, 0.25) is 0 Å². The van der Waals surface area contributed by atoms with Crippen LogP contribution < -0.4 is 0 Å². The lowest BCUT2D eigenvalue weighted by atomic mass is 10.0. The quantitative estimate of drug-likeness (QED) is 0.632. The van der Waals surface area contributed by atoms with Crippen LogP contribution in [0.25, 0.3) is 0 Å². The Balaban J connectivity index is 2.81. The minimum atomic E-state index is -0.320. The van der Waals surface area contributed by atoms with Gasteiger partial charge in [0.15, 0.2) is 0 Å². The number of alkyl halides is 1. The second-order valence-electron chi connectivity index (χ2n) is 3.22. The van der Waals surface area contributed by atoms with Crippen LogP contribution in [-0.2, 0) is 16.0 Å². The molecule has 0 saturated carbocycles. The molecule has 0 spiro atoms. The van der Waals surface area contributed by atoms with Gasteiger partial charge in [-0.05, 0) is 30.5 Å². The topological polar surface area (TPSA) is 26.3 Å². The lowest BCUT2D eigenvalue weighted by Crippen LogP contribution is -2.18. The van der Waals surface area contributed by atoms with E-state index in [1.807, 2.05) is 25.1 Å². The van der Waals surface area contributed by atoms with Crippen LogP contribution in [0, 0.1) is 6.92 Å². The zero-order valence-corrected chi connectivity index (χ0v) is 10.9. The second kappa shape index (κ2) is 5.52. The summed E-state index contributed by atoms with van der Waals surface area (Å²) < 4.78 is 4.64. The van der Waals surface area contributed by atoms with E-state index in [0.29, 0.717) is 6.42 Å². The largest absolute Gasteiger partial charge is 0.468 e.